The van der Waals surface area contributed by atoms with E-state index in [-0.39, 0.29) is 17.7 Å². The summed E-state index contributed by atoms with van der Waals surface area (Å²) in [6.45, 7) is 7.17. The third-order valence-corrected chi connectivity index (χ3v) is 3.48. The van der Waals surface area contributed by atoms with Crippen LogP contribution in [0.15, 0.2) is 6.20 Å². The standard InChI is InChI=1S/C13H24N4O/c1-4-5-11(14)12-9-17(16-15-12)8-10-6-7-13(2,3)18-10/h9-11H,4-8,14H2,1-3H3. The minimum absolute atomic E-state index is 0.00434. The van der Waals surface area contributed by atoms with Gasteiger partial charge in [-0.15, -0.1) is 5.10 Å². The van der Waals surface area contributed by atoms with Crippen LogP contribution in [0, 0.1) is 0 Å². The molecule has 0 saturated carbocycles. The van der Waals surface area contributed by atoms with Crippen molar-refractivity contribution in [2.75, 3.05) is 0 Å². The highest BCUT2D eigenvalue weighted by atomic mass is 16.5. The van der Waals surface area contributed by atoms with Gasteiger partial charge in [-0.1, -0.05) is 18.6 Å². The van der Waals surface area contributed by atoms with Gasteiger partial charge in [-0.3, -0.25) is 0 Å². The molecule has 2 N–H and O–H groups in total. The third-order valence-electron chi connectivity index (χ3n) is 3.48. The molecule has 0 spiro atoms. The molecule has 2 rings (SSSR count). The Kier molecular flexibility index (Phi) is 4.02. The smallest absolute Gasteiger partial charge is 0.0994 e. The van der Waals surface area contributed by atoms with Crippen molar-refractivity contribution in [2.24, 2.45) is 5.73 Å². The Balaban J connectivity index is 1.91. The SMILES string of the molecule is CCCC(N)c1cn(CC2CCC(C)(C)O2)nn1. The molecule has 1 aromatic rings. The first-order chi connectivity index (χ1) is 8.50. The Bertz CT molecular complexity index is 388. The van der Waals surface area contributed by atoms with E-state index in [1.54, 1.807) is 0 Å². The predicted octanol–water partition coefficient (Wildman–Crippen LogP) is 2.04. The fraction of sp³-hybridized carbons (Fsp3) is 0.846. The molecule has 0 radical (unpaired) electrons. The first-order valence-electron chi connectivity index (χ1n) is 6.83. The van der Waals surface area contributed by atoms with Crippen LogP contribution in [0.4, 0.5) is 0 Å². The van der Waals surface area contributed by atoms with Crippen LogP contribution in [-0.4, -0.2) is 26.7 Å². The molecule has 2 heterocycles. The Hall–Kier alpha value is -0.940. The van der Waals surface area contributed by atoms with Crippen LogP contribution in [0.5, 0.6) is 0 Å². The second-order valence-electron chi connectivity index (χ2n) is 5.80. The molecule has 1 aliphatic rings. The average molecular weight is 252 g/mol. The molecule has 5 nitrogen and oxygen atoms in total. The van der Waals surface area contributed by atoms with Gasteiger partial charge in [0.1, 0.15) is 0 Å². The van der Waals surface area contributed by atoms with Crippen LogP contribution in [0.25, 0.3) is 0 Å². The minimum atomic E-state index is 0.00434. The van der Waals surface area contributed by atoms with Crippen LogP contribution < -0.4 is 5.73 Å². The van der Waals surface area contributed by atoms with Gasteiger partial charge in [-0.25, -0.2) is 4.68 Å². The highest BCUT2D eigenvalue weighted by Crippen LogP contribution is 2.30. The number of ether oxygens (including phenoxy) is 1. The van der Waals surface area contributed by atoms with Gasteiger partial charge in [0.2, 0.25) is 0 Å². The van der Waals surface area contributed by atoms with Gasteiger partial charge < -0.3 is 10.5 Å². The van der Waals surface area contributed by atoms with Crippen LogP contribution in [0.3, 0.4) is 0 Å². The third kappa shape index (κ3) is 3.29. The normalized spacial score (nSPS) is 24.3. The van der Waals surface area contributed by atoms with Gasteiger partial charge >= 0.3 is 0 Å². The van der Waals surface area contributed by atoms with E-state index in [1.807, 2.05) is 10.9 Å². The lowest BCUT2D eigenvalue weighted by molar-refractivity contribution is -0.0231. The van der Waals surface area contributed by atoms with Crippen LogP contribution >= 0.6 is 0 Å². The molecule has 1 aromatic heterocycles. The Morgan fingerprint density at radius 1 is 1.61 bits per heavy atom. The van der Waals surface area contributed by atoms with E-state index in [0.717, 1.165) is 37.9 Å². The van der Waals surface area contributed by atoms with E-state index in [2.05, 4.69) is 31.1 Å². The van der Waals surface area contributed by atoms with Crippen LogP contribution in [0.1, 0.15) is 58.2 Å². The number of aromatic nitrogens is 3. The zero-order chi connectivity index (χ0) is 13.2. The van der Waals surface area contributed by atoms with Crippen molar-refractivity contribution in [3.63, 3.8) is 0 Å². The van der Waals surface area contributed by atoms with Crippen LogP contribution in [0.2, 0.25) is 0 Å². The van der Waals surface area contributed by atoms with Crippen molar-refractivity contribution in [3.8, 4) is 0 Å². The summed E-state index contributed by atoms with van der Waals surface area (Å²) < 4.78 is 7.81. The highest BCUT2D eigenvalue weighted by Gasteiger charge is 2.31. The van der Waals surface area contributed by atoms with Crippen LogP contribution in [-0.2, 0) is 11.3 Å². The van der Waals surface area contributed by atoms with Gasteiger partial charge in [0.15, 0.2) is 0 Å². The average Bonchev–Trinajstić information content (AvgIpc) is 2.86. The van der Waals surface area contributed by atoms with E-state index in [9.17, 15) is 0 Å². The maximum absolute atomic E-state index is 6.02. The number of hydrogen-bond acceptors (Lipinski definition) is 4. The summed E-state index contributed by atoms with van der Waals surface area (Å²) in [5.74, 6) is 0. The predicted molar refractivity (Wildman–Crippen MR) is 70.0 cm³/mol. The molecule has 0 aromatic carbocycles. The number of nitrogens with two attached hydrogens (primary N) is 1. The second kappa shape index (κ2) is 5.36. The Labute approximate surface area is 109 Å². The molecular formula is C13H24N4O. The fourth-order valence-electron chi connectivity index (χ4n) is 2.45. The molecule has 2 atom stereocenters. The molecule has 0 aliphatic carbocycles. The molecule has 5 heteroatoms. The summed E-state index contributed by atoms with van der Waals surface area (Å²) in [6, 6.07) is 0.00434. The van der Waals surface area contributed by atoms with Gasteiger partial charge in [0.25, 0.3) is 0 Å². The van der Waals surface area contributed by atoms with Crippen molar-refractivity contribution >= 4 is 0 Å². The molecule has 1 saturated heterocycles. The fourth-order valence-corrected chi connectivity index (χ4v) is 2.45. The Morgan fingerprint density at radius 3 is 3.00 bits per heavy atom. The monoisotopic (exact) mass is 252 g/mol. The summed E-state index contributed by atoms with van der Waals surface area (Å²) in [6.07, 6.45) is 6.41. The maximum Gasteiger partial charge on any atom is 0.0994 e. The van der Waals surface area contributed by atoms with E-state index in [1.165, 1.54) is 0 Å². The molecule has 0 amide bonds. The molecule has 1 aliphatic heterocycles. The summed E-state index contributed by atoms with van der Waals surface area (Å²) in [5.41, 5.74) is 6.91. The highest BCUT2D eigenvalue weighted by molar-refractivity contribution is 4.99. The van der Waals surface area contributed by atoms with Crippen molar-refractivity contribution in [1.29, 1.82) is 0 Å². The summed E-state index contributed by atoms with van der Waals surface area (Å²) in [5, 5.41) is 8.28. The lowest BCUT2D eigenvalue weighted by Crippen LogP contribution is -2.23. The molecule has 102 valence electrons. The van der Waals surface area contributed by atoms with Crippen molar-refractivity contribution < 1.29 is 4.74 Å². The van der Waals surface area contributed by atoms with Crippen molar-refractivity contribution in [2.45, 2.75) is 70.7 Å². The summed E-state index contributed by atoms with van der Waals surface area (Å²) in [4.78, 5) is 0. The maximum atomic E-state index is 6.02. The lowest BCUT2D eigenvalue weighted by atomic mass is 10.1. The molecule has 0 bridgehead atoms. The van der Waals surface area contributed by atoms with E-state index >= 15 is 0 Å². The van der Waals surface area contributed by atoms with Gasteiger partial charge in [-0.05, 0) is 33.1 Å². The Morgan fingerprint density at radius 2 is 2.39 bits per heavy atom. The zero-order valence-corrected chi connectivity index (χ0v) is 11.6. The summed E-state index contributed by atoms with van der Waals surface area (Å²) in [7, 11) is 0. The second-order valence-corrected chi connectivity index (χ2v) is 5.80. The largest absolute Gasteiger partial charge is 0.370 e. The first-order valence-corrected chi connectivity index (χ1v) is 6.83. The zero-order valence-electron chi connectivity index (χ0n) is 11.6. The van der Waals surface area contributed by atoms with E-state index < -0.39 is 0 Å². The first kappa shape index (κ1) is 13.5. The topological polar surface area (TPSA) is 66.0 Å². The van der Waals surface area contributed by atoms with Gasteiger partial charge in [0, 0.05) is 0 Å². The lowest BCUT2D eigenvalue weighted by Gasteiger charge is -2.18. The molecule has 1 fully saturated rings. The molecule has 18 heavy (non-hydrogen) atoms. The van der Waals surface area contributed by atoms with Crippen molar-refractivity contribution in [1.82, 2.24) is 15.0 Å². The molecular weight excluding hydrogens is 228 g/mol. The minimum Gasteiger partial charge on any atom is -0.370 e. The van der Waals surface area contributed by atoms with E-state index in [0.29, 0.717) is 0 Å². The van der Waals surface area contributed by atoms with Gasteiger partial charge in [-0.2, -0.15) is 0 Å². The number of hydrogen-bond donors (Lipinski definition) is 1. The summed E-state index contributed by atoms with van der Waals surface area (Å²) >= 11 is 0. The number of rotatable bonds is 5. The molecule has 2 unspecified atom stereocenters. The number of nitrogens with zero attached hydrogens (tertiary/aromatic N) is 3. The van der Waals surface area contributed by atoms with Gasteiger partial charge in [0.05, 0.1) is 36.2 Å². The quantitative estimate of drug-likeness (QED) is 0.870. The van der Waals surface area contributed by atoms with Crippen molar-refractivity contribution in [3.05, 3.63) is 11.9 Å². The van der Waals surface area contributed by atoms with E-state index in [4.69, 9.17) is 10.5 Å².